The van der Waals surface area contributed by atoms with E-state index in [0.717, 1.165) is 41.9 Å². The minimum absolute atomic E-state index is 0.238. The van der Waals surface area contributed by atoms with E-state index in [-0.39, 0.29) is 5.92 Å². The molecule has 1 heterocycles. The molecule has 1 fully saturated rings. The van der Waals surface area contributed by atoms with Crippen molar-refractivity contribution in [3.05, 3.63) is 58.6 Å². The fourth-order valence-corrected chi connectivity index (χ4v) is 3.37. The Balaban J connectivity index is 1.59. The van der Waals surface area contributed by atoms with Crippen molar-refractivity contribution in [1.29, 1.82) is 0 Å². The van der Waals surface area contributed by atoms with E-state index in [2.05, 4.69) is 20.8 Å². The second kappa shape index (κ2) is 7.81. The Bertz CT molecular complexity index is 702. The zero-order chi connectivity index (χ0) is 16.9. The number of hydrogen-bond donors (Lipinski definition) is 1. The zero-order valence-corrected chi connectivity index (χ0v) is 14.9. The number of carbonyl (C=O) groups is 1. The van der Waals surface area contributed by atoms with Crippen molar-refractivity contribution in [3.63, 3.8) is 0 Å². The maximum absolute atomic E-state index is 11.1. The van der Waals surface area contributed by atoms with Crippen molar-refractivity contribution in [2.45, 2.75) is 19.4 Å². The average Bonchev–Trinajstić information content (AvgIpc) is 2.57. The van der Waals surface area contributed by atoms with Gasteiger partial charge in [-0.05, 0) is 55.3 Å². The normalized spacial score (nSPS) is 18.3. The Labute approximate surface area is 150 Å². The molecule has 3 rings (SSSR count). The van der Waals surface area contributed by atoms with Crippen molar-refractivity contribution in [2.24, 2.45) is 5.92 Å². The summed E-state index contributed by atoms with van der Waals surface area (Å²) in [6.07, 6.45) is 1.73. The van der Waals surface area contributed by atoms with Gasteiger partial charge >= 0.3 is 5.97 Å². The molecule has 2 aromatic carbocycles. The molecule has 1 N–H and O–H groups in total. The Kier molecular flexibility index (Phi) is 5.53. The molecule has 0 aliphatic carbocycles. The van der Waals surface area contributed by atoms with E-state index in [0.29, 0.717) is 6.54 Å². The number of rotatable bonds is 5. The van der Waals surface area contributed by atoms with E-state index in [4.69, 9.17) is 4.74 Å². The third kappa shape index (κ3) is 4.58. The number of benzene rings is 2. The highest BCUT2D eigenvalue weighted by Gasteiger charge is 2.25. The highest BCUT2D eigenvalue weighted by atomic mass is 79.9. The predicted molar refractivity (Wildman–Crippen MR) is 96.3 cm³/mol. The second-order valence-corrected chi connectivity index (χ2v) is 7.03. The van der Waals surface area contributed by atoms with Crippen molar-refractivity contribution in [1.82, 2.24) is 4.90 Å². The number of likely N-dealkylation sites (tertiary alicyclic amines) is 1. The molecule has 1 aliphatic rings. The third-order valence-electron chi connectivity index (χ3n) is 4.22. The summed E-state index contributed by atoms with van der Waals surface area (Å²) in [6, 6.07) is 15.7. The fraction of sp³-hybridized carbons (Fsp3) is 0.316. The van der Waals surface area contributed by atoms with Crippen LogP contribution in [0.25, 0.3) is 0 Å². The van der Waals surface area contributed by atoms with Gasteiger partial charge in [0.1, 0.15) is 11.5 Å². The molecule has 4 nitrogen and oxygen atoms in total. The summed E-state index contributed by atoms with van der Waals surface area (Å²) in [7, 11) is 0. The van der Waals surface area contributed by atoms with Crippen LogP contribution in [0.15, 0.2) is 53.0 Å². The Morgan fingerprint density at radius 1 is 1.21 bits per heavy atom. The molecule has 1 saturated heterocycles. The van der Waals surface area contributed by atoms with Gasteiger partial charge in [0, 0.05) is 17.6 Å². The number of halogens is 1. The molecule has 0 amide bonds. The van der Waals surface area contributed by atoms with Crippen molar-refractivity contribution >= 4 is 21.9 Å². The van der Waals surface area contributed by atoms with E-state index >= 15 is 0 Å². The van der Waals surface area contributed by atoms with Gasteiger partial charge in [-0.1, -0.05) is 34.1 Å². The van der Waals surface area contributed by atoms with Crippen molar-refractivity contribution in [2.75, 3.05) is 13.1 Å². The Hall–Kier alpha value is -1.85. The van der Waals surface area contributed by atoms with Gasteiger partial charge in [-0.2, -0.15) is 0 Å². The van der Waals surface area contributed by atoms with Crippen LogP contribution in [0.2, 0.25) is 0 Å². The first-order valence-electron chi connectivity index (χ1n) is 8.08. The lowest BCUT2D eigenvalue weighted by Crippen LogP contribution is -2.38. The number of carboxylic acids is 1. The van der Waals surface area contributed by atoms with Gasteiger partial charge in [-0.3, -0.25) is 9.69 Å². The molecular weight excluding hydrogens is 370 g/mol. The van der Waals surface area contributed by atoms with Crippen LogP contribution in [0.1, 0.15) is 18.4 Å². The molecule has 1 aliphatic heterocycles. The van der Waals surface area contributed by atoms with E-state index in [9.17, 15) is 9.90 Å². The summed E-state index contributed by atoms with van der Waals surface area (Å²) in [5.74, 6) is 0.659. The lowest BCUT2D eigenvalue weighted by atomic mass is 9.98. The monoisotopic (exact) mass is 389 g/mol. The van der Waals surface area contributed by atoms with Crippen LogP contribution in [0, 0.1) is 5.92 Å². The first kappa shape index (κ1) is 17.0. The molecule has 2 aromatic rings. The average molecular weight is 390 g/mol. The van der Waals surface area contributed by atoms with Gasteiger partial charge in [0.25, 0.3) is 0 Å². The van der Waals surface area contributed by atoms with Crippen LogP contribution in [-0.4, -0.2) is 29.1 Å². The quantitative estimate of drug-likeness (QED) is 0.815. The summed E-state index contributed by atoms with van der Waals surface area (Å²) in [4.78, 5) is 13.4. The Morgan fingerprint density at radius 3 is 2.71 bits per heavy atom. The molecular formula is C19H20BrNO3. The second-order valence-electron chi connectivity index (χ2n) is 6.12. The van der Waals surface area contributed by atoms with Gasteiger partial charge in [0.05, 0.1) is 5.92 Å². The van der Waals surface area contributed by atoms with Crippen molar-refractivity contribution < 1.29 is 14.6 Å². The number of aliphatic carboxylic acids is 1. The number of piperidine rings is 1. The van der Waals surface area contributed by atoms with Crippen LogP contribution in [0.3, 0.4) is 0 Å². The van der Waals surface area contributed by atoms with Crippen LogP contribution >= 0.6 is 15.9 Å². The van der Waals surface area contributed by atoms with E-state index in [1.54, 1.807) is 0 Å². The van der Waals surface area contributed by atoms with Crippen LogP contribution in [-0.2, 0) is 11.3 Å². The summed E-state index contributed by atoms with van der Waals surface area (Å²) in [5.41, 5.74) is 1.17. The van der Waals surface area contributed by atoms with E-state index in [1.807, 2.05) is 48.5 Å². The Morgan fingerprint density at radius 2 is 2.00 bits per heavy atom. The molecule has 0 spiro atoms. The summed E-state index contributed by atoms with van der Waals surface area (Å²) >= 11 is 3.43. The standard InChI is InChI=1S/C19H20BrNO3/c20-16-4-1-5-18(11-16)24-17-8-6-14(7-9-17)12-21-10-2-3-15(13-21)19(22)23/h1,4-9,11,15H,2-3,10,12-13H2,(H,22,23). The molecule has 0 bridgehead atoms. The SMILES string of the molecule is O=C(O)C1CCCN(Cc2ccc(Oc3cccc(Br)c3)cc2)C1. The van der Waals surface area contributed by atoms with Gasteiger partial charge in [-0.25, -0.2) is 0 Å². The predicted octanol–water partition coefficient (Wildman–Crippen LogP) is 4.54. The van der Waals surface area contributed by atoms with Gasteiger partial charge in [-0.15, -0.1) is 0 Å². The minimum Gasteiger partial charge on any atom is -0.481 e. The molecule has 1 unspecified atom stereocenters. The molecule has 0 radical (unpaired) electrons. The van der Waals surface area contributed by atoms with E-state index < -0.39 is 5.97 Å². The van der Waals surface area contributed by atoms with Crippen molar-refractivity contribution in [3.8, 4) is 11.5 Å². The minimum atomic E-state index is -0.683. The number of nitrogens with zero attached hydrogens (tertiary/aromatic N) is 1. The fourth-order valence-electron chi connectivity index (χ4n) is 2.99. The lowest BCUT2D eigenvalue weighted by Gasteiger charge is -2.30. The highest BCUT2D eigenvalue weighted by Crippen LogP contribution is 2.25. The van der Waals surface area contributed by atoms with Gasteiger partial charge in [0.2, 0.25) is 0 Å². The van der Waals surface area contributed by atoms with E-state index in [1.165, 1.54) is 5.56 Å². The number of hydrogen-bond acceptors (Lipinski definition) is 3. The zero-order valence-electron chi connectivity index (χ0n) is 13.3. The van der Waals surface area contributed by atoms with Crippen LogP contribution in [0.4, 0.5) is 0 Å². The lowest BCUT2D eigenvalue weighted by molar-refractivity contribution is -0.143. The summed E-state index contributed by atoms with van der Waals surface area (Å²) in [6.45, 7) is 2.37. The first-order valence-corrected chi connectivity index (χ1v) is 8.87. The number of ether oxygens (including phenoxy) is 1. The maximum Gasteiger partial charge on any atom is 0.307 e. The molecule has 1 atom stereocenters. The highest BCUT2D eigenvalue weighted by molar-refractivity contribution is 9.10. The first-order chi connectivity index (χ1) is 11.6. The van der Waals surface area contributed by atoms with Gasteiger partial charge < -0.3 is 9.84 Å². The topological polar surface area (TPSA) is 49.8 Å². The molecule has 0 aromatic heterocycles. The van der Waals surface area contributed by atoms with Crippen LogP contribution in [0.5, 0.6) is 11.5 Å². The van der Waals surface area contributed by atoms with Gasteiger partial charge in [0.15, 0.2) is 0 Å². The third-order valence-corrected chi connectivity index (χ3v) is 4.71. The van der Waals surface area contributed by atoms with Crippen LogP contribution < -0.4 is 4.74 Å². The molecule has 24 heavy (non-hydrogen) atoms. The summed E-state index contributed by atoms with van der Waals surface area (Å²) < 4.78 is 6.81. The molecule has 0 saturated carbocycles. The number of carboxylic acid groups (broad SMARTS) is 1. The summed E-state index contributed by atoms with van der Waals surface area (Å²) in [5, 5.41) is 9.17. The smallest absolute Gasteiger partial charge is 0.307 e. The maximum atomic E-state index is 11.1. The molecule has 5 heteroatoms. The molecule has 126 valence electrons. The largest absolute Gasteiger partial charge is 0.481 e.